The van der Waals surface area contributed by atoms with Gasteiger partial charge in [0.1, 0.15) is 11.6 Å². The Morgan fingerprint density at radius 2 is 1.81 bits per heavy atom. The number of alkyl halides is 7. The summed E-state index contributed by atoms with van der Waals surface area (Å²) < 4.78 is 106. The van der Waals surface area contributed by atoms with E-state index in [2.05, 4.69) is 15.0 Å². The van der Waals surface area contributed by atoms with Crippen LogP contribution in [0.1, 0.15) is 40.2 Å². The molecule has 0 spiro atoms. The average Bonchev–Trinajstić information content (AvgIpc) is 2.82. The Morgan fingerprint density at radius 3 is 2.38 bits per heavy atom. The zero-order valence-electron chi connectivity index (χ0n) is 19.2. The minimum atomic E-state index is -6.18. The van der Waals surface area contributed by atoms with Crippen LogP contribution < -0.4 is 15.0 Å². The molecule has 0 N–H and O–H groups in total. The van der Waals surface area contributed by atoms with Gasteiger partial charge in [-0.25, -0.2) is 18.7 Å². The number of methoxy groups -OCH3 is 1. The van der Waals surface area contributed by atoms with Gasteiger partial charge in [0.05, 0.1) is 37.2 Å². The molecule has 0 unspecified atom stereocenters. The van der Waals surface area contributed by atoms with Crippen molar-refractivity contribution in [3.8, 4) is 23.4 Å². The van der Waals surface area contributed by atoms with Gasteiger partial charge in [-0.3, -0.25) is 9.36 Å². The molecule has 0 saturated carbocycles. The first-order valence-corrected chi connectivity index (χ1v) is 10.1. The Balaban J connectivity index is 2.25. The van der Waals surface area contributed by atoms with E-state index in [1.165, 1.54) is 27.2 Å². The molecule has 37 heavy (non-hydrogen) atoms. The molecule has 1 aromatic carbocycles. The lowest BCUT2D eigenvalue weighted by Gasteiger charge is -2.22. The number of ether oxygens (including phenoxy) is 2. The van der Waals surface area contributed by atoms with E-state index in [4.69, 9.17) is 9.47 Å². The molecule has 3 rings (SSSR count). The highest BCUT2D eigenvalue weighted by molar-refractivity contribution is 5.51. The van der Waals surface area contributed by atoms with Gasteiger partial charge in [0.25, 0.3) is 12.0 Å². The second-order valence-electron chi connectivity index (χ2n) is 7.59. The predicted molar refractivity (Wildman–Crippen MR) is 112 cm³/mol. The third-order valence-corrected chi connectivity index (χ3v) is 5.10. The molecule has 0 aliphatic heterocycles. The van der Waals surface area contributed by atoms with Gasteiger partial charge < -0.3 is 9.47 Å². The smallest absolute Gasteiger partial charge is 0.459 e. The van der Waals surface area contributed by atoms with Crippen LogP contribution in [0, 0.1) is 25.2 Å². The molecule has 0 amide bonds. The number of nitrogens with zero attached hydrogens (tertiary/aromatic N) is 5. The Morgan fingerprint density at radius 1 is 1.14 bits per heavy atom. The van der Waals surface area contributed by atoms with Gasteiger partial charge >= 0.3 is 12.1 Å². The lowest BCUT2D eigenvalue weighted by Crippen LogP contribution is -2.37. The standard InChI is InChI=1S/C22H16F7N5O3/c1-10-13(6-30)4-12(18(23)24)5-15(10)37-16-17(21(25,26)22(27,28)29)32-9-34(20(16)35)8-14-7-31-11(2)33-19(14)36-3/h4-5,7,9,18H,8H2,1-3H3. The molecular formula is C22H16F7N5O3. The molecule has 0 radical (unpaired) electrons. The largest absolute Gasteiger partial charge is 0.481 e. The van der Waals surface area contributed by atoms with Crippen LogP contribution in [-0.4, -0.2) is 32.8 Å². The summed E-state index contributed by atoms with van der Waals surface area (Å²) in [6.45, 7) is 2.22. The quantitative estimate of drug-likeness (QED) is 0.397. The maximum absolute atomic E-state index is 14.4. The van der Waals surface area contributed by atoms with Crippen molar-refractivity contribution in [2.75, 3.05) is 7.11 Å². The normalized spacial score (nSPS) is 11.9. The first-order valence-electron chi connectivity index (χ1n) is 10.1. The van der Waals surface area contributed by atoms with Crippen molar-refractivity contribution >= 4 is 0 Å². The minimum absolute atomic E-state index is 0.00860. The average molecular weight is 531 g/mol. The molecule has 0 aliphatic carbocycles. The van der Waals surface area contributed by atoms with Crippen LogP contribution in [0.2, 0.25) is 0 Å². The van der Waals surface area contributed by atoms with Crippen molar-refractivity contribution in [1.29, 1.82) is 5.26 Å². The number of nitriles is 1. The second kappa shape index (κ2) is 10.0. The van der Waals surface area contributed by atoms with E-state index >= 15 is 0 Å². The van der Waals surface area contributed by atoms with Gasteiger partial charge in [0.15, 0.2) is 5.69 Å². The Kier molecular flexibility index (Phi) is 7.42. The summed E-state index contributed by atoms with van der Waals surface area (Å²) >= 11 is 0. The molecule has 8 nitrogen and oxygen atoms in total. The molecule has 15 heteroatoms. The van der Waals surface area contributed by atoms with Gasteiger partial charge in [-0.1, -0.05) is 0 Å². The highest BCUT2D eigenvalue weighted by atomic mass is 19.4. The van der Waals surface area contributed by atoms with Crippen molar-refractivity contribution in [3.05, 3.63) is 68.8 Å². The maximum atomic E-state index is 14.4. The monoisotopic (exact) mass is 531 g/mol. The molecule has 2 heterocycles. The van der Waals surface area contributed by atoms with E-state index in [1.807, 2.05) is 0 Å². The number of benzene rings is 1. The van der Waals surface area contributed by atoms with Crippen LogP contribution in [-0.2, 0) is 12.5 Å². The van der Waals surface area contributed by atoms with E-state index in [9.17, 15) is 40.8 Å². The SMILES string of the molecule is COc1nc(C)ncc1Cn1cnc(C(F)(F)C(F)(F)F)c(Oc2cc(C(F)F)cc(C#N)c2C)c1=O. The molecule has 0 aliphatic rings. The molecule has 0 saturated heterocycles. The summed E-state index contributed by atoms with van der Waals surface area (Å²) in [5.74, 6) is -7.65. The summed E-state index contributed by atoms with van der Waals surface area (Å²) in [5.41, 5.74) is -4.79. The summed E-state index contributed by atoms with van der Waals surface area (Å²) in [6, 6.07) is 3.02. The lowest BCUT2D eigenvalue weighted by molar-refractivity contribution is -0.291. The Bertz CT molecular complexity index is 1430. The topological polar surface area (TPSA) is 103 Å². The van der Waals surface area contributed by atoms with Crippen LogP contribution in [0.3, 0.4) is 0 Å². The minimum Gasteiger partial charge on any atom is -0.481 e. The zero-order chi connectivity index (χ0) is 27.7. The van der Waals surface area contributed by atoms with Gasteiger partial charge in [-0.15, -0.1) is 0 Å². The van der Waals surface area contributed by atoms with Crippen LogP contribution in [0.15, 0.2) is 29.5 Å². The highest BCUT2D eigenvalue weighted by Gasteiger charge is 2.62. The van der Waals surface area contributed by atoms with E-state index < -0.39 is 53.4 Å². The van der Waals surface area contributed by atoms with Crippen molar-refractivity contribution in [3.63, 3.8) is 0 Å². The lowest BCUT2D eigenvalue weighted by atomic mass is 10.0. The van der Waals surface area contributed by atoms with Gasteiger partial charge in [-0.05, 0) is 26.0 Å². The summed E-state index contributed by atoms with van der Waals surface area (Å²) in [5, 5.41) is 9.22. The van der Waals surface area contributed by atoms with Gasteiger partial charge in [-0.2, -0.15) is 32.2 Å². The van der Waals surface area contributed by atoms with E-state index in [1.54, 1.807) is 6.07 Å². The summed E-state index contributed by atoms with van der Waals surface area (Å²) in [7, 11) is 1.25. The fourth-order valence-electron chi connectivity index (χ4n) is 3.14. The summed E-state index contributed by atoms with van der Waals surface area (Å²) in [6.07, 6.45) is -7.65. The van der Waals surface area contributed by atoms with Gasteiger partial charge in [0.2, 0.25) is 11.6 Å². The van der Waals surface area contributed by atoms with Gasteiger partial charge in [0, 0.05) is 17.3 Å². The fraction of sp³-hybridized carbons (Fsp3) is 0.318. The molecular weight excluding hydrogens is 515 g/mol. The van der Waals surface area contributed by atoms with Crippen molar-refractivity contribution in [2.45, 2.75) is 38.9 Å². The maximum Gasteiger partial charge on any atom is 0.459 e. The third kappa shape index (κ3) is 5.32. The van der Waals surface area contributed by atoms with Crippen LogP contribution >= 0.6 is 0 Å². The third-order valence-electron chi connectivity index (χ3n) is 5.10. The second-order valence-corrected chi connectivity index (χ2v) is 7.59. The van der Waals surface area contributed by atoms with Crippen LogP contribution in [0.5, 0.6) is 17.4 Å². The van der Waals surface area contributed by atoms with Crippen LogP contribution in [0.4, 0.5) is 30.7 Å². The molecule has 0 fully saturated rings. The molecule has 196 valence electrons. The number of aryl methyl sites for hydroxylation is 1. The number of aromatic nitrogens is 4. The van der Waals surface area contributed by atoms with Crippen LogP contribution in [0.25, 0.3) is 0 Å². The predicted octanol–water partition coefficient (Wildman–Crippen LogP) is 4.96. The van der Waals surface area contributed by atoms with Crippen molar-refractivity contribution < 1.29 is 40.2 Å². The molecule has 2 aromatic heterocycles. The molecule has 0 bridgehead atoms. The Hall–Kier alpha value is -4.22. The fourth-order valence-corrected chi connectivity index (χ4v) is 3.14. The zero-order valence-corrected chi connectivity index (χ0v) is 19.2. The number of hydrogen-bond donors (Lipinski definition) is 0. The highest BCUT2D eigenvalue weighted by Crippen LogP contribution is 2.46. The first-order chi connectivity index (χ1) is 17.2. The van der Waals surface area contributed by atoms with E-state index in [-0.39, 0.29) is 28.4 Å². The van der Waals surface area contributed by atoms with E-state index in [0.717, 1.165) is 6.07 Å². The molecule has 0 atom stereocenters. The van der Waals surface area contributed by atoms with Crippen molar-refractivity contribution in [1.82, 2.24) is 19.5 Å². The van der Waals surface area contributed by atoms with Crippen molar-refractivity contribution in [2.24, 2.45) is 0 Å². The number of hydrogen-bond acceptors (Lipinski definition) is 7. The summed E-state index contributed by atoms with van der Waals surface area (Å²) in [4.78, 5) is 24.2. The first kappa shape index (κ1) is 27.4. The number of halogens is 7. The van der Waals surface area contributed by atoms with E-state index in [0.29, 0.717) is 17.0 Å². The Labute approximate surface area is 203 Å². The number of rotatable bonds is 7. The molecule has 3 aromatic rings.